The van der Waals surface area contributed by atoms with E-state index >= 15 is 0 Å². The Labute approximate surface area is 168 Å². The smallest absolute Gasteiger partial charge is 0.344 e. The molecule has 1 N–H and O–H groups in total. The Kier molecular flexibility index (Phi) is 7.37. The van der Waals surface area contributed by atoms with Gasteiger partial charge in [0.2, 0.25) is 0 Å². The number of aryl methyl sites for hydroxylation is 1. The van der Waals surface area contributed by atoms with E-state index in [1.165, 1.54) is 18.4 Å². The maximum atomic E-state index is 12.0. The van der Waals surface area contributed by atoms with Crippen LogP contribution in [0.2, 0.25) is 0 Å². The number of carbonyl (C=O) groups is 3. The molecule has 7 nitrogen and oxygen atoms in total. The van der Waals surface area contributed by atoms with Crippen LogP contribution in [0, 0.1) is 13.8 Å². The molecule has 1 amide bonds. The van der Waals surface area contributed by atoms with Crippen LogP contribution in [0.3, 0.4) is 0 Å². The van der Waals surface area contributed by atoms with Gasteiger partial charge in [-0.05, 0) is 43.7 Å². The molecule has 2 rings (SSSR count). The number of halogens is 1. The van der Waals surface area contributed by atoms with E-state index in [1.54, 1.807) is 31.2 Å². The number of benzene rings is 1. The van der Waals surface area contributed by atoms with Crippen molar-refractivity contribution in [1.82, 2.24) is 0 Å². The topological polar surface area (TPSA) is 90.9 Å². The molecule has 0 spiro atoms. The van der Waals surface area contributed by atoms with Crippen molar-refractivity contribution in [2.45, 2.75) is 13.8 Å². The normalized spacial score (nSPS) is 10.2. The fourth-order valence-corrected chi connectivity index (χ4v) is 3.42. The van der Waals surface area contributed by atoms with Gasteiger partial charge in [-0.3, -0.25) is 4.79 Å². The minimum atomic E-state index is -0.681. The Morgan fingerprint density at radius 3 is 2.41 bits per heavy atom. The number of methoxy groups -OCH3 is 1. The predicted molar refractivity (Wildman–Crippen MR) is 104 cm³/mol. The van der Waals surface area contributed by atoms with Crippen LogP contribution in [0.5, 0.6) is 5.75 Å². The van der Waals surface area contributed by atoms with Crippen molar-refractivity contribution in [1.29, 1.82) is 0 Å². The summed E-state index contributed by atoms with van der Waals surface area (Å²) in [5.41, 5.74) is 1.04. The molecule has 0 aliphatic heterocycles. The molecule has 0 aliphatic rings. The molecule has 2 aromatic rings. The van der Waals surface area contributed by atoms with Gasteiger partial charge >= 0.3 is 11.9 Å². The van der Waals surface area contributed by atoms with Gasteiger partial charge in [-0.25, -0.2) is 9.59 Å². The van der Waals surface area contributed by atoms with Gasteiger partial charge in [0.1, 0.15) is 10.8 Å². The van der Waals surface area contributed by atoms with Crippen molar-refractivity contribution in [2.24, 2.45) is 0 Å². The van der Waals surface area contributed by atoms with E-state index in [4.69, 9.17) is 14.2 Å². The van der Waals surface area contributed by atoms with Crippen LogP contribution in [0.1, 0.15) is 20.8 Å². The number of rotatable bonds is 7. The summed E-state index contributed by atoms with van der Waals surface area (Å²) in [6.45, 7) is 2.80. The summed E-state index contributed by atoms with van der Waals surface area (Å²) in [6, 6.07) is 6.94. The highest BCUT2D eigenvalue weighted by Crippen LogP contribution is 2.32. The van der Waals surface area contributed by atoms with Crippen LogP contribution in [-0.4, -0.2) is 38.2 Å². The Balaban J connectivity index is 1.85. The number of esters is 2. The average molecular weight is 456 g/mol. The molecule has 144 valence electrons. The third-order valence-electron chi connectivity index (χ3n) is 3.56. The molecule has 1 aromatic heterocycles. The van der Waals surface area contributed by atoms with Crippen molar-refractivity contribution < 1.29 is 28.6 Å². The molecule has 0 atom stereocenters. The zero-order chi connectivity index (χ0) is 20.0. The van der Waals surface area contributed by atoms with Gasteiger partial charge < -0.3 is 19.5 Å². The largest absolute Gasteiger partial charge is 0.482 e. The fraction of sp³-hybridized carbons (Fsp3) is 0.278. The molecule has 0 aliphatic carbocycles. The Morgan fingerprint density at radius 2 is 1.78 bits per heavy atom. The maximum absolute atomic E-state index is 12.0. The van der Waals surface area contributed by atoms with Crippen LogP contribution in [0.4, 0.5) is 5.00 Å². The Morgan fingerprint density at radius 1 is 1.11 bits per heavy atom. The van der Waals surface area contributed by atoms with Gasteiger partial charge in [-0.15, -0.1) is 11.3 Å². The molecule has 1 heterocycles. The highest BCUT2D eigenvalue weighted by atomic mass is 79.9. The highest BCUT2D eigenvalue weighted by molar-refractivity contribution is 9.10. The van der Waals surface area contributed by atoms with E-state index in [-0.39, 0.29) is 6.61 Å². The van der Waals surface area contributed by atoms with Crippen LogP contribution in [0.25, 0.3) is 0 Å². The average Bonchev–Trinajstić information content (AvgIpc) is 2.92. The molecule has 0 fully saturated rings. The summed E-state index contributed by atoms with van der Waals surface area (Å²) in [5.74, 6) is -1.27. The molecular weight excluding hydrogens is 438 g/mol. The number of hydrogen-bond acceptors (Lipinski definition) is 7. The summed E-state index contributed by atoms with van der Waals surface area (Å²) < 4.78 is 15.8. The molecule has 0 saturated carbocycles. The lowest BCUT2D eigenvalue weighted by atomic mass is 10.1. The second kappa shape index (κ2) is 9.52. The van der Waals surface area contributed by atoms with Crippen LogP contribution in [0.15, 0.2) is 28.7 Å². The van der Waals surface area contributed by atoms with Gasteiger partial charge in [0, 0.05) is 9.35 Å². The molecule has 0 saturated heterocycles. The van der Waals surface area contributed by atoms with Crippen molar-refractivity contribution in [3.63, 3.8) is 0 Å². The number of carbonyl (C=O) groups excluding carboxylic acids is 3. The highest BCUT2D eigenvalue weighted by Gasteiger charge is 2.22. The van der Waals surface area contributed by atoms with Crippen molar-refractivity contribution in [2.75, 3.05) is 25.6 Å². The van der Waals surface area contributed by atoms with Crippen molar-refractivity contribution >= 4 is 50.1 Å². The third-order valence-corrected chi connectivity index (χ3v) is 5.21. The minimum Gasteiger partial charge on any atom is -0.482 e. The zero-order valence-electron chi connectivity index (χ0n) is 15.0. The summed E-state index contributed by atoms with van der Waals surface area (Å²) in [4.78, 5) is 36.5. The minimum absolute atomic E-state index is 0.304. The monoisotopic (exact) mass is 455 g/mol. The molecule has 0 radical (unpaired) electrons. The maximum Gasteiger partial charge on any atom is 0.344 e. The summed E-state index contributed by atoms with van der Waals surface area (Å²) in [6.07, 6.45) is 0. The van der Waals surface area contributed by atoms with Gasteiger partial charge in [0.25, 0.3) is 5.91 Å². The predicted octanol–water partition coefficient (Wildman–Crippen LogP) is 3.47. The summed E-state index contributed by atoms with van der Waals surface area (Å²) in [7, 11) is 1.27. The van der Waals surface area contributed by atoms with Gasteiger partial charge in [-0.2, -0.15) is 0 Å². The molecule has 1 aromatic carbocycles. The summed E-state index contributed by atoms with van der Waals surface area (Å²) >= 11 is 4.55. The van der Waals surface area contributed by atoms with Gasteiger partial charge in [0.15, 0.2) is 13.2 Å². The first-order chi connectivity index (χ1) is 12.8. The first-order valence-electron chi connectivity index (χ1n) is 7.84. The number of anilines is 1. The lowest BCUT2D eigenvalue weighted by Crippen LogP contribution is -2.24. The molecule has 0 unspecified atom stereocenters. The fourth-order valence-electron chi connectivity index (χ4n) is 2.09. The van der Waals surface area contributed by atoms with Crippen LogP contribution in [-0.2, 0) is 19.1 Å². The lowest BCUT2D eigenvalue weighted by Gasteiger charge is -2.08. The molecule has 0 bridgehead atoms. The lowest BCUT2D eigenvalue weighted by molar-refractivity contribution is -0.149. The molecule has 9 heteroatoms. The van der Waals surface area contributed by atoms with Gasteiger partial charge in [-0.1, -0.05) is 15.9 Å². The molecular formula is C18H18BrNO6S. The number of nitrogens with one attached hydrogen (secondary N) is 1. The second-order valence-electron chi connectivity index (χ2n) is 5.43. The standard InChI is InChI=1S/C18H18BrNO6S/c1-10-11(2)27-17(16(10)18(23)24-3)20-14(21)8-26-15(22)9-25-13-6-4-12(19)5-7-13/h4-7H,8-9H2,1-3H3,(H,20,21). The number of ether oxygens (including phenoxy) is 3. The first kappa shape index (κ1) is 20.9. The van der Waals surface area contributed by atoms with Crippen LogP contribution >= 0.6 is 27.3 Å². The Hall–Kier alpha value is -2.39. The van der Waals surface area contributed by atoms with E-state index < -0.39 is 24.5 Å². The number of thiophene rings is 1. The van der Waals surface area contributed by atoms with E-state index in [1.807, 2.05) is 6.92 Å². The first-order valence-corrected chi connectivity index (χ1v) is 9.45. The quantitative estimate of drug-likeness (QED) is 0.642. The molecule has 27 heavy (non-hydrogen) atoms. The number of hydrogen-bond donors (Lipinski definition) is 1. The SMILES string of the molecule is COC(=O)c1c(NC(=O)COC(=O)COc2ccc(Br)cc2)sc(C)c1C. The van der Waals surface area contributed by atoms with Crippen molar-refractivity contribution in [3.05, 3.63) is 44.7 Å². The van der Waals surface area contributed by atoms with E-state index in [9.17, 15) is 14.4 Å². The number of amides is 1. The van der Waals surface area contributed by atoms with E-state index in [2.05, 4.69) is 21.2 Å². The zero-order valence-corrected chi connectivity index (χ0v) is 17.4. The third kappa shape index (κ3) is 5.80. The second-order valence-corrected chi connectivity index (χ2v) is 7.57. The Bertz CT molecular complexity index is 846. The van der Waals surface area contributed by atoms with Crippen molar-refractivity contribution in [3.8, 4) is 5.75 Å². The van der Waals surface area contributed by atoms with Gasteiger partial charge in [0.05, 0.1) is 12.7 Å². The van der Waals surface area contributed by atoms with Crippen LogP contribution < -0.4 is 10.1 Å². The van der Waals surface area contributed by atoms with E-state index in [0.29, 0.717) is 16.3 Å². The van der Waals surface area contributed by atoms with E-state index in [0.717, 1.165) is 14.9 Å². The summed E-state index contributed by atoms with van der Waals surface area (Å²) in [5, 5.41) is 2.94.